The van der Waals surface area contributed by atoms with Crippen molar-refractivity contribution in [1.82, 2.24) is 10.2 Å². The first-order valence-electron chi connectivity index (χ1n) is 6.49. The number of hydrogen-bond acceptors (Lipinski definition) is 2. The molecule has 0 bridgehead atoms. The van der Waals surface area contributed by atoms with Crippen LogP contribution >= 0.6 is 0 Å². The van der Waals surface area contributed by atoms with Crippen LogP contribution < -0.4 is 5.32 Å². The third-order valence-electron chi connectivity index (χ3n) is 2.50. The highest BCUT2D eigenvalue weighted by Crippen LogP contribution is 2.16. The van der Waals surface area contributed by atoms with Crippen LogP contribution in [-0.2, 0) is 0 Å². The molecule has 0 aromatic carbocycles. The molecule has 0 rings (SSSR count). The molecule has 0 amide bonds. The molecule has 0 aliphatic carbocycles. The normalized spacial score (nSPS) is 12.4. The molecule has 0 spiro atoms. The summed E-state index contributed by atoms with van der Waals surface area (Å²) in [5.41, 5.74) is 0. The molecule has 0 unspecified atom stereocenters. The summed E-state index contributed by atoms with van der Waals surface area (Å²) >= 11 is 0. The lowest BCUT2D eigenvalue weighted by Crippen LogP contribution is -2.39. The van der Waals surface area contributed by atoms with Gasteiger partial charge in [-0.15, -0.1) is 0 Å². The first-order valence-corrected chi connectivity index (χ1v) is 6.49. The number of halogens is 3. The first kappa shape index (κ1) is 16.7. The quantitative estimate of drug-likeness (QED) is 0.603. The Morgan fingerprint density at radius 1 is 0.941 bits per heavy atom. The van der Waals surface area contributed by atoms with E-state index in [-0.39, 0.29) is 0 Å². The van der Waals surface area contributed by atoms with Crippen molar-refractivity contribution in [2.45, 2.75) is 45.7 Å². The third-order valence-corrected chi connectivity index (χ3v) is 2.50. The van der Waals surface area contributed by atoms with E-state index < -0.39 is 12.7 Å². The highest BCUT2D eigenvalue weighted by molar-refractivity contribution is 4.64. The van der Waals surface area contributed by atoms with E-state index in [1.54, 1.807) is 0 Å². The van der Waals surface area contributed by atoms with Crippen LogP contribution in [0.1, 0.15) is 39.5 Å². The Kier molecular flexibility index (Phi) is 9.55. The number of hydrogen-bond donors (Lipinski definition) is 1. The maximum atomic E-state index is 12.2. The molecule has 0 radical (unpaired) electrons. The SMILES string of the molecule is CCCCCNCCN(CCC)CC(F)(F)F. The van der Waals surface area contributed by atoms with Crippen molar-refractivity contribution in [3.05, 3.63) is 0 Å². The summed E-state index contributed by atoms with van der Waals surface area (Å²) in [6.45, 7) is 5.76. The number of unbranched alkanes of at least 4 members (excludes halogenated alkanes) is 2. The molecule has 0 atom stereocenters. The van der Waals surface area contributed by atoms with Crippen molar-refractivity contribution in [3.63, 3.8) is 0 Å². The van der Waals surface area contributed by atoms with Gasteiger partial charge < -0.3 is 5.32 Å². The number of nitrogens with zero attached hydrogens (tertiary/aromatic N) is 1. The smallest absolute Gasteiger partial charge is 0.315 e. The van der Waals surface area contributed by atoms with Gasteiger partial charge in [0.2, 0.25) is 0 Å². The van der Waals surface area contributed by atoms with E-state index in [4.69, 9.17) is 0 Å². The predicted octanol–water partition coefficient (Wildman–Crippen LogP) is 3.04. The van der Waals surface area contributed by atoms with E-state index >= 15 is 0 Å². The minimum Gasteiger partial charge on any atom is -0.315 e. The van der Waals surface area contributed by atoms with Crippen LogP contribution in [0.5, 0.6) is 0 Å². The zero-order chi connectivity index (χ0) is 13.1. The standard InChI is InChI=1S/C12H25F3N2/c1-3-5-6-7-16-8-10-17(9-4-2)11-12(13,14)15/h16H,3-11H2,1-2H3. The Morgan fingerprint density at radius 3 is 2.18 bits per heavy atom. The average Bonchev–Trinajstić information content (AvgIpc) is 2.21. The van der Waals surface area contributed by atoms with E-state index in [0.717, 1.165) is 25.8 Å². The highest BCUT2D eigenvalue weighted by atomic mass is 19.4. The molecule has 2 nitrogen and oxygen atoms in total. The van der Waals surface area contributed by atoms with Crippen molar-refractivity contribution in [2.75, 3.05) is 32.7 Å². The highest BCUT2D eigenvalue weighted by Gasteiger charge is 2.29. The van der Waals surface area contributed by atoms with Crippen molar-refractivity contribution in [3.8, 4) is 0 Å². The fourth-order valence-corrected chi connectivity index (χ4v) is 1.70. The van der Waals surface area contributed by atoms with Crippen LogP contribution in [0.15, 0.2) is 0 Å². The van der Waals surface area contributed by atoms with Gasteiger partial charge in [0.15, 0.2) is 0 Å². The zero-order valence-corrected chi connectivity index (χ0v) is 10.9. The lowest BCUT2D eigenvalue weighted by atomic mass is 10.2. The van der Waals surface area contributed by atoms with Crippen LogP contribution in [-0.4, -0.2) is 43.8 Å². The molecule has 0 heterocycles. The summed E-state index contributed by atoms with van der Waals surface area (Å²) < 4.78 is 36.7. The summed E-state index contributed by atoms with van der Waals surface area (Å²) in [7, 11) is 0. The number of alkyl halides is 3. The number of nitrogens with one attached hydrogen (secondary N) is 1. The van der Waals surface area contributed by atoms with Crippen LogP contribution in [0.25, 0.3) is 0 Å². The van der Waals surface area contributed by atoms with Gasteiger partial charge in [0.25, 0.3) is 0 Å². The molecule has 0 aliphatic rings. The Balaban J connectivity index is 3.63. The maximum absolute atomic E-state index is 12.2. The molecule has 0 aromatic heterocycles. The minimum absolute atomic E-state index is 0.472. The summed E-state index contributed by atoms with van der Waals surface area (Å²) in [6.07, 6.45) is 0.110. The Morgan fingerprint density at radius 2 is 1.65 bits per heavy atom. The molecule has 0 saturated carbocycles. The summed E-state index contributed by atoms with van der Waals surface area (Å²) in [5.74, 6) is 0. The van der Waals surface area contributed by atoms with Gasteiger partial charge in [-0.05, 0) is 25.9 Å². The first-order chi connectivity index (χ1) is 7.99. The van der Waals surface area contributed by atoms with E-state index in [9.17, 15) is 13.2 Å². The minimum atomic E-state index is -4.09. The second-order valence-corrected chi connectivity index (χ2v) is 4.35. The second-order valence-electron chi connectivity index (χ2n) is 4.35. The molecule has 104 valence electrons. The van der Waals surface area contributed by atoms with Gasteiger partial charge >= 0.3 is 6.18 Å². The van der Waals surface area contributed by atoms with Crippen LogP contribution in [0, 0.1) is 0 Å². The Bertz CT molecular complexity index is 172. The van der Waals surface area contributed by atoms with E-state index in [1.807, 2.05) is 6.92 Å². The Hall–Kier alpha value is -0.290. The summed E-state index contributed by atoms with van der Waals surface area (Å²) in [5, 5.41) is 3.19. The lowest BCUT2D eigenvalue weighted by Gasteiger charge is -2.23. The molecule has 1 N–H and O–H groups in total. The van der Waals surface area contributed by atoms with Gasteiger partial charge in [-0.1, -0.05) is 26.7 Å². The molecule has 17 heavy (non-hydrogen) atoms. The van der Waals surface area contributed by atoms with Crippen LogP contribution in [0.2, 0.25) is 0 Å². The summed E-state index contributed by atoms with van der Waals surface area (Å²) in [4.78, 5) is 1.47. The lowest BCUT2D eigenvalue weighted by molar-refractivity contribution is -0.145. The van der Waals surface area contributed by atoms with E-state index in [2.05, 4.69) is 12.2 Å². The van der Waals surface area contributed by atoms with Crippen molar-refractivity contribution in [1.29, 1.82) is 0 Å². The zero-order valence-electron chi connectivity index (χ0n) is 10.9. The van der Waals surface area contributed by atoms with Crippen molar-refractivity contribution in [2.24, 2.45) is 0 Å². The predicted molar refractivity (Wildman–Crippen MR) is 65.2 cm³/mol. The molecule has 5 heteroatoms. The van der Waals surface area contributed by atoms with Crippen LogP contribution in [0.4, 0.5) is 13.2 Å². The second kappa shape index (κ2) is 9.71. The molecule has 0 aromatic rings. The third kappa shape index (κ3) is 12.0. The molecular formula is C12H25F3N2. The summed E-state index contributed by atoms with van der Waals surface area (Å²) in [6, 6.07) is 0. The molecule has 0 aliphatic heterocycles. The van der Waals surface area contributed by atoms with Gasteiger partial charge in [-0.25, -0.2) is 0 Å². The monoisotopic (exact) mass is 254 g/mol. The van der Waals surface area contributed by atoms with Crippen molar-refractivity contribution >= 4 is 0 Å². The van der Waals surface area contributed by atoms with Gasteiger partial charge in [0.05, 0.1) is 6.54 Å². The largest absolute Gasteiger partial charge is 0.401 e. The van der Waals surface area contributed by atoms with E-state index in [1.165, 1.54) is 11.3 Å². The van der Waals surface area contributed by atoms with E-state index in [0.29, 0.717) is 19.6 Å². The molecule has 0 saturated heterocycles. The fourth-order valence-electron chi connectivity index (χ4n) is 1.70. The molecular weight excluding hydrogens is 229 g/mol. The van der Waals surface area contributed by atoms with Crippen molar-refractivity contribution < 1.29 is 13.2 Å². The fraction of sp³-hybridized carbons (Fsp3) is 1.00. The number of rotatable bonds is 10. The maximum Gasteiger partial charge on any atom is 0.401 e. The molecule has 0 fully saturated rings. The van der Waals surface area contributed by atoms with Gasteiger partial charge in [-0.3, -0.25) is 4.90 Å². The average molecular weight is 254 g/mol. The van der Waals surface area contributed by atoms with Gasteiger partial charge in [0.1, 0.15) is 0 Å². The van der Waals surface area contributed by atoms with Gasteiger partial charge in [0, 0.05) is 13.1 Å². The topological polar surface area (TPSA) is 15.3 Å². The Labute approximate surface area is 103 Å². The van der Waals surface area contributed by atoms with Crippen LogP contribution in [0.3, 0.4) is 0 Å². The van der Waals surface area contributed by atoms with Gasteiger partial charge in [-0.2, -0.15) is 13.2 Å².